The number of rotatable bonds is 5. The number of hydrogen-bond donors (Lipinski definition) is 0. The standard InChI is InChI=1S/C5H7ClO3/c6-5(8)2-1-3-9-4-7/h4H,1-3H2. The van der Waals surface area contributed by atoms with Crippen LogP contribution < -0.4 is 0 Å². The fourth-order valence-corrected chi connectivity index (χ4v) is 0.476. The molecule has 0 aromatic carbocycles. The molecule has 0 aliphatic heterocycles. The summed E-state index contributed by atoms with van der Waals surface area (Å²) in [6, 6.07) is 0. The lowest BCUT2D eigenvalue weighted by Crippen LogP contribution is -1.94. The van der Waals surface area contributed by atoms with Gasteiger partial charge in [-0.3, -0.25) is 9.59 Å². The van der Waals surface area contributed by atoms with Crippen molar-refractivity contribution < 1.29 is 14.3 Å². The number of ether oxygens (including phenoxy) is 1. The second kappa shape index (κ2) is 5.56. The van der Waals surface area contributed by atoms with Crippen LogP contribution in [0.25, 0.3) is 0 Å². The Hall–Kier alpha value is -0.570. The Morgan fingerprint density at radius 2 is 2.33 bits per heavy atom. The van der Waals surface area contributed by atoms with E-state index in [2.05, 4.69) is 4.74 Å². The Bertz CT molecular complexity index is 102. The van der Waals surface area contributed by atoms with Gasteiger partial charge in [0.1, 0.15) is 0 Å². The van der Waals surface area contributed by atoms with Crippen molar-refractivity contribution in [1.82, 2.24) is 0 Å². The fraction of sp³-hybridized carbons (Fsp3) is 0.600. The molecule has 0 rings (SSSR count). The largest absolute Gasteiger partial charge is 0.468 e. The summed E-state index contributed by atoms with van der Waals surface area (Å²) in [5, 5.41) is -0.399. The predicted octanol–water partition coefficient (Wildman–Crippen LogP) is 0.705. The summed E-state index contributed by atoms with van der Waals surface area (Å²) < 4.78 is 4.29. The van der Waals surface area contributed by atoms with Crippen LogP contribution in [0.1, 0.15) is 12.8 Å². The number of hydrogen-bond acceptors (Lipinski definition) is 3. The van der Waals surface area contributed by atoms with Gasteiger partial charge in [0, 0.05) is 6.42 Å². The van der Waals surface area contributed by atoms with E-state index in [-0.39, 0.29) is 13.0 Å². The maximum atomic E-state index is 10.0. The van der Waals surface area contributed by atoms with Crippen LogP contribution in [0.2, 0.25) is 0 Å². The lowest BCUT2D eigenvalue weighted by Gasteiger charge is -1.92. The normalized spacial score (nSPS) is 8.56. The van der Waals surface area contributed by atoms with E-state index in [1.807, 2.05) is 0 Å². The molecule has 0 aromatic rings. The highest BCUT2D eigenvalue weighted by atomic mass is 35.5. The van der Waals surface area contributed by atoms with Gasteiger partial charge in [-0.15, -0.1) is 0 Å². The van der Waals surface area contributed by atoms with Gasteiger partial charge in [0.05, 0.1) is 6.61 Å². The second-order valence-corrected chi connectivity index (χ2v) is 1.85. The van der Waals surface area contributed by atoms with E-state index in [4.69, 9.17) is 11.6 Å². The third-order valence-corrected chi connectivity index (χ3v) is 0.893. The molecule has 0 atom stereocenters. The van der Waals surface area contributed by atoms with Crippen molar-refractivity contribution in [3.05, 3.63) is 0 Å². The minimum Gasteiger partial charge on any atom is -0.468 e. The highest BCUT2D eigenvalue weighted by Gasteiger charge is 1.93. The van der Waals surface area contributed by atoms with E-state index >= 15 is 0 Å². The number of carbonyl (C=O) groups is 2. The zero-order valence-corrected chi connectivity index (χ0v) is 5.56. The quantitative estimate of drug-likeness (QED) is 0.329. The molecule has 0 bridgehead atoms. The average Bonchev–Trinajstić information content (AvgIpc) is 1.80. The van der Waals surface area contributed by atoms with Gasteiger partial charge < -0.3 is 4.74 Å². The summed E-state index contributed by atoms with van der Waals surface area (Å²) in [7, 11) is 0. The van der Waals surface area contributed by atoms with Gasteiger partial charge in [-0.25, -0.2) is 0 Å². The molecule has 0 saturated heterocycles. The Morgan fingerprint density at radius 1 is 1.67 bits per heavy atom. The number of halogens is 1. The lowest BCUT2D eigenvalue weighted by molar-refractivity contribution is -0.129. The molecule has 0 aliphatic carbocycles. The molecule has 4 heteroatoms. The molecule has 0 heterocycles. The fourth-order valence-electron chi connectivity index (χ4n) is 0.343. The Labute approximate surface area is 57.9 Å². The van der Waals surface area contributed by atoms with Crippen LogP contribution in [0.15, 0.2) is 0 Å². The SMILES string of the molecule is O=COCCCC(=O)Cl. The summed E-state index contributed by atoms with van der Waals surface area (Å²) in [5.74, 6) is 0. The summed E-state index contributed by atoms with van der Waals surface area (Å²) >= 11 is 4.97. The zero-order chi connectivity index (χ0) is 7.11. The number of carbonyl (C=O) groups excluding carboxylic acids is 2. The van der Waals surface area contributed by atoms with Gasteiger partial charge in [0.25, 0.3) is 6.47 Å². The lowest BCUT2D eigenvalue weighted by atomic mass is 10.3. The van der Waals surface area contributed by atoms with Gasteiger partial charge in [-0.05, 0) is 18.0 Å². The summed E-state index contributed by atoms with van der Waals surface area (Å²) in [5.41, 5.74) is 0. The first-order chi connectivity index (χ1) is 4.27. The molecule has 0 spiro atoms. The van der Waals surface area contributed by atoms with Gasteiger partial charge in [-0.1, -0.05) is 0 Å². The van der Waals surface area contributed by atoms with Crippen molar-refractivity contribution in [2.45, 2.75) is 12.8 Å². The van der Waals surface area contributed by atoms with Gasteiger partial charge in [0.2, 0.25) is 5.24 Å². The summed E-state index contributed by atoms with van der Waals surface area (Å²) in [4.78, 5) is 19.5. The molecule has 0 N–H and O–H groups in total. The van der Waals surface area contributed by atoms with E-state index in [1.54, 1.807) is 0 Å². The van der Waals surface area contributed by atoms with Crippen molar-refractivity contribution in [2.24, 2.45) is 0 Å². The molecule has 0 amide bonds. The van der Waals surface area contributed by atoms with Crippen molar-refractivity contribution in [1.29, 1.82) is 0 Å². The minimum absolute atomic E-state index is 0.259. The van der Waals surface area contributed by atoms with E-state index in [0.29, 0.717) is 12.9 Å². The first kappa shape index (κ1) is 8.43. The summed E-state index contributed by atoms with van der Waals surface area (Å²) in [6.45, 7) is 0.612. The van der Waals surface area contributed by atoms with E-state index in [0.717, 1.165) is 0 Å². The monoisotopic (exact) mass is 150 g/mol. The maximum Gasteiger partial charge on any atom is 0.293 e. The van der Waals surface area contributed by atoms with E-state index < -0.39 is 5.24 Å². The van der Waals surface area contributed by atoms with Crippen molar-refractivity contribution in [3.63, 3.8) is 0 Å². The summed E-state index contributed by atoms with van der Waals surface area (Å²) in [6.07, 6.45) is 0.760. The maximum absolute atomic E-state index is 10.0. The second-order valence-electron chi connectivity index (χ2n) is 1.43. The highest BCUT2D eigenvalue weighted by molar-refractivity contribution is 6.63. The minimum atomic E-state index is -0.399. The van der Waals surface area contributed by atoms with E-state index in [9.17, 15) is 9.59 Å². The Kier molecular flexibility index (Phi) is 5.21. The van der Waals surface area contributed by atoms with Crippen LogP contribution in [-0.2, 0) is 14.3 Å². The Morgan fingerprint density at radius 3 is 2.78 bits per heavy atom. The van der Waals surface area contributed by atoms with Crippen molar-refractivity contribution >= 4 is 23.3 Å². The first-order valence-electron chi connectivity index (χ1n) is 2.51. The van der Waals surface area contributed by atoms with Crippen molar-refractivity contribution in [3.8, 4) is 0 Å². The molecule has 0 unspecified atom stereocenters. The molecular weight excluding hydrogens is 144 g/mol. The molecule has 3 nitrogen and oxygen atoms in total. The van der Waals surface area contributed by atoms with Crippen LogP contribution in [0.3, 0.4) is 0 Å². The van der Waals surface area contributed by atoms with Crippen LogP contribution in [-0.4, -0.2) is 18.3 Å². The predicted molar refractivity (Wildman–Crippen MR) is 32.1 cm³/mol. The molecule has 9 heavy (non-hydrogen) atoms. The topological polar surface area (TPSA) is 43.4 Å². The molecule has 52 valence electrons. The van der Waals surface area contributed by atoms with Crippen LogP contribution in [0, 0.1) is 0 Å². The third-order valence-electron chi connectivity index (χ3n) is 0.704. The Balaban J connectivity index is 2.91. The molecular formula is C5H7ClO3. The van der Waals surface area contributed by atoms with Gasteiger partial charge >= 0.3 is 0 Å². The first-order valence-corrected chi connectivity index (χ1v) is 2.88. The van der Waals surface area contributed by atoms with Crippen LogP contribution in [0.4, 0.5) is 0 Å². The third kappa shape index (κ3) is 7.43. The molecule has 0 fully saturated rings. The van der Waals surface area contributed by atoms with Crippen LogP contribution >= 0.6 is 11.6 Å². The van der Waals surface area contributed by atoms with Gasteiger partial charge in [-0.2, -0.15) is 0 Å². The highest BCUT2D eigenvalue weighted by Crippen LogP contribution is 1.93. The molecule has 0 saturated carbocycles. The molecule has 0 radical (unpaired) electrons. The smallest absolute Gasteiger partial charge is 0.293 e. The zero-order valence-electron chi connectivity index (χ0n) is 4.80. The van der Waals surface area contributed by atoms with Crippen molar-refractivity contribution in [2.75, 3.05) is 6.61 Å². The van der Waals surface area contributed by atoms with Crippen LogP contribution in [0.5, 0.6) is 0 Å². The molecule has 0 aliphatic rings. The van der Waals surface area contributed by atoms with E-state index in [1.165, 1.54) is 0 Å². The molecule has 0 aromatic heterocycles. The average molecular weight is 151 g/mol. The van der Waals surface area contributed by atoms with Gasteiger partial charge in [0.15, 0.2) is 0 Å².